The van der Waals surface area contributed by atoms with Gasteiger partial charge in [-0.25, -0.2) is 13.2 Å². The van der Waals surface area contributed by atoms with E-state index in [0.29, 0.717) is 17.8 Å². The minimum Gasteiger partial charge on any atom is -0.452 e. The molecule has 0 aromatic heterocycles. The molecule has 3 rings (SSSR count). The maximum absolute atomic E-state index is 13.1. The van der Waals surface area contributed by atoms with Crippen LogP contribution in [0.3, 0.4) is 0 Å². The summed E-state index contributed by atoms with van der Waals surface area (Å²) in [7, 11) is -3.71. The van der Waals surface area contributed by atoms with Gasteiger partial charge in [-0.2, -0.15) is 4.31 Å². The largest absolute Gasteiger partial charge is 0.452 e. The highest BCUT2D eigenvalue weighted by atomic mass is 32.2. The van der Waals surface area contributed by atoms with Gasteiger partial charge in [-0.15, -0.1) is 0 Å². The van der Waals surface area contributed by atoms with Gasteiger partial charge < -0.3 is 10.1 Å². The SMILES string of the molecule is Cc1ccccc1NC(=O)COC(=O)c1cc(S(=O)(=O)N2CCCCC2C)ccc1C. The highest BCUT2D eigenvalue weighted by molar-refractivity contribution is 7.89. The molecular formula is C23H28N2O5S. The molecular weight excluding hydrogens is 416 g/mol. The second-order valence-electron chi connectivity index (χ2n) is 7.88. The number of piperidine rings is 1. The van der Waals surface area contributed by atoms with E-state index in [1.165, 1.54) is 16.4 Å². The summed E-state index contributed by atoms with van der Waals surface area (Å²) in [5.74, 6) is -1.20. The van der Waals surface area contributed by atoms with Crippen molar-refractivity contribution in [3.05, 3.63) is 59.2 Å². The third-order valence-corrected chi connectivity index (χ3v) is 7.54. The third kappa shape index (κ3) is 5.32. The molecule has 1 N–H and O–H groups in total. The first-order valence-electron chi connectivity index (χ1n) is 10.4. The van der Waals surface area contributed by atoms with Crippen LogP contribution in [0.15, 0.2) is 47.4 Å². The third-order valence-electron chi connectivity index (χ3n) is 5.53. The number of hydrogen-bond donors (Lipinski definition) is 1. The van der Waals surface area contributed by atoms with Crippen LogP contribution in [0.1, 0.15) is 47.7 Å². The Morgan fingerprint density at radius 3 is 2.55 bits per heavy atom. The Labute approximate surface area is 183 Å². The van der Waals surface area contributed by atoms with E-state index in [1.807, 2.05) is 26.0 Å². The Hall–Kier alpha value is -2.71. The Bertz CT molecular complexity index is 1080. The van der Waals surface area contributed by atoms with Crippen LogP contribution in [0.5, 0.6) is 0 Å². The number of nitrogens with zero attached hydrogens (tertiary/aromatic N) is 1. The molecule has 1 amide bonds. The fourth-order valence-electron chi connectivity index (χ4n) is 3.65. The van der Waals surface area contributed by atoms with Crippen molar-refractivity contribution in [1.29, 1.82) is 0 Å². The van der Waals surface area contributed by atoms with Crippen LogP contribution >= 0.6 is 0 Å². The predicted octanol–water partition coefficient (Wildman–Crippen LogP) is 3.66. The maximum atomic E-state index is 13.1. The standard InChI is InChI=1S/C23H28N2O5S/c1-16-11-12-19(31(28,29)25-13-7-6-9-18(25)3)14-20(16)23(27)30-15-22(26)24-21-10-5-4-8-17(21)2/h4-5,8,10-12,14,18H,6-7,9,13,15H2,1-3H3,(H,24,26). The van der Waals surface area contributed by atoms with Crippen molar-refractivity contribution in [1.82, 2.24) is 4.31 Å². The van der Waals surface area contributed by atoms with Gasteiger partial charge >= 0.3 is 5.97 Å². The fourth-order valence-corrected chi connectivity index (χ4v) is 5.38. The monoisotopic (exact) mass is 444 g/mol. The molecule has 1 heterocycles. The minimum absolute atomic E-state index is 0.0585. The van der Waals surface area contributed by atoms with Crippen molar-refractivity contribution in [2.75, 3.05) is 18.5 Å². The Balaban J connectivity index is 1.71. The molecule has 166 valence electrons. The first kappa shape index (κ1) is 23.0. The highest BCUT2D eigenvalue weighted by Crippen LogP contribution is 2.26. The van der Waals surface area contributed by atoms with E-state index < -0.39 is 28.5 Å². The lowest BCUT2D eigenvalue weighted by Gasteiger charge is -2.32. The smallest absolute Gasteiger partial charge is 0.338 e. The number of rotatable bonds is 6. The van der Waals surface area contributed by atoms with Crippen molar-refractivity contribution < 1.29 is 22.7 Å². The van der Waals surface area contributed by atoms with Gasteiger partial charge in [0.2, 0.25) is 10.0 Å². The molecule has 2 aromatic carbocycles. The van der Waals surface area contributed by atoms with Crippen LogP contribution < -0.4 is 5.32 Å². The summed E-state index contributed by atoms with van der Waals surface area (Å²) in [6.07, 6.45) is 2.64. The number of ether oxygens (including phenoxy) is 1. The van der Waals surface area contributed by atoms with Crippen molar-refractivity contribution in [3.63, 3.8) is 0 Å². The number of anilines is 1. The van der Waals surface area contributed by atoms with Crippen LogP contribution in [0.25, 0.3) is 0 Å². The molecule has 0 aliphatic carbocycles. The van der Waals surface area contributed by atoms with E-state index in [4.69, 9.17) is 4.74 Å². The van der Waals surface area contributed by atoms with E-state index in [2.05, 4.69) is 5.32 Å². The number of esters is 1. The molecule has 1 atom stereocenters. The van der Waals surface area contributed by atoms with Crippen LogP contribution in [-0.2, 0) is 19.6 Å². The van der Waals surface area contributed by atoms with E-state index in [0.717, 1.165) is 24.8 Å². The van der Waals surface area contributed by atoms with Gasteiger partial charge in [0.1, 0.15) is 0 Å². The number of carbonyl (C=O) groups is 2. The molecule has 1 fully saturated rings. The first-order chi connectivity index (χ1) is 14.7. The Morgan fingerprint density at radius 1 is 1.10 bits per heavy atom. The second kappa shape index (κ2) is 9.62. The van der Waals surface area contributed by atoms with E-state index >= 15 is 0 Å². The maximum Gasteiger partial charge on any atom is 0.338 e. The Morgan fingerprint density at radius 2 is 1.84 bits per heavy atom. The zero-order valence-corrected chi connectivity index (χ0v) is 18.9. The van der Waals surface area contributed by atoms with Gasteiger partial charge in [0, 0.05) is 18.3 Å². The summed E-state index contributed by atoms with van der Waals surface area (Å²) in [5.41, 5.74) is 2.25. The lowest BCUT2D eigenvalue weighted by atomic mass is 10.1. The molecule has 1 aliphatic heterocycles. The fraction of sp³-hybridized carbons (Fsp3) is 0.391. The molecule has 1 unspecified atom stereocenters. The highest BCUT2D eigenvalue weighted by Gasteiger charge is 2.31. The molecule has 0 spiro atoms. The average molecular weight is 445 g/mol. The molecule has 0 radical (unpaired) electrons. The normalized spacial score (nSPS) is 17.2. The van der Waals surface area contributed by atoms with Crippen LogP contribution in [-0.4, -0.2) is 43.8 Å². The summed E-state index contributed by atoms with van der Waals surface area (Å²) >= 11 is 0. The topological polar surface area (TPSA) is 92.8 Å². The average Bonchev–Trinajstić information content (AvgIpc) is 2.74. The molecule has 1 saturated heterocycles. The Kier molecular flexibility index (Phi) is 7.12. The minimum atomic E-state index is -3.71. The van der Waals surface area contributed by atoms with Crippen molar-refractivity contribution in [2.45, 2.75) is 51.0 Å². The second-order valence-corrected chi connectivity index (χ2v) is 9.77. The van der Waals surface area contributed by atoms with Gasteiger partial charge in [0.25, 0.3) is 5.91 Å². The molecule has 7 nitrogen and oxygen atoms in total. The summed E-state index contributed by atoms with van der Waals surface area (Å²) in [6.45, 7) is 5.46. The van der Waals surface area contributed by atoms with Gasteiger partial charge in [0.05, 0.1) is 10.5 Å². The molecule has 1 aliphatic rings. The molecule has 2 aromatic rings. The quantitative estimate of drug-likeness (QED) is 0.687. The van der Waals surface area contributed by atoms with Crippen molar-refractivity contribution >= 4 is 27.6 Å². The van der Waals surface area contributed by atoms with E-state index in [-0.39, 0.29) is 16.5 Å². The van der Waals surface area contributed by atoms with Gasteiger partial charge in [0.15, 0.2) is 6.61 Å². The number of hydrogen-bond acceptors (Lipinski definition) is 5. The molecule has 0 saturated carbocycles. The first-order valence-corrected chi connectivity index (χ1v) is 11.8. The zero-order chi connectivity index (χ0) is 22.6. The number of carbonyl (C=O) groups excluding carboxylic acids is 2. The van der Waals surface area contributed by atoms with Gasteiger partial charge in [-0.3, -0.25) is 4.79 Å². The van der Waals surface area contributed by atoms with Crippen molar-refractivity contribution in [2.24, 2.45) is 0 Å². The van der Waals surface area contributed by atoms with Gasteiger partial charge in [-0.1, -0.05) is 30.7 Å². The summed E-state index contributed by atoms with van der Waals surface area (Å²) < 4.78 is 32.8. The van der Waals surface area contributed by atoms with E-state index in [9.17, 15) is 18.0 Å². The van der Waals surface area contributed by atoms with Crippen molar-refractivity contribution in [3.8, 4) is 0 Å². The number of para-hydroxylation sites is 1. The zero-order valence-electron chi connectivity index (χ0n) is 18.1. The summed E-state index contributed by atoms with van der Waals surface area (Å²) in [6, 6.07) is 11.6. The van der Waals surface area contributed by atoms with Crippen LogP contribution in [0.2, 0.25) is 0 Å². The number of nitrogens with one attached hydrogen (secondary N) is 1. The number of benzene rings is 2. The van der Waals surface area contributed by atoms with Crippen LogP contribution in [0.4, 0.5) is 5.69 Å². The lowest BCUT2D eigenvalue weighted by molar-refractivity contribution is -0.119. The predicted molar refractivity (Wildman–Crippen MR) is 118 cm³/mol. The number of amides is 1. The van der Waals surface area contributed by atoms with E-state index in [1.54, 1.807) is 25.1 Å². The molecule has 31 heavy (non-hydrogen) atoms. The van der Waals surface area contributed by atoms with Gasteiger partial charge in [-0.05, 0) is 62.9 Å². The summed E-state index contributed by atoms with van der Waals surface area (Å²) in [5, 5.41) is 2.70. The lowest BCUT2D eigenvalue weighted by Crippen LogP contribution is -2.41. The number of sulfonamides is 1. The van der Waals surface area contributed by atoms with Crippen LogP contribution in [0, 0.1) is 13.8 Å². The molecule has 8 heteroatoms. The molecule has 0 bridgehead atoms. The summed E-state index contributed by atoms with van der Waals surface area (Å²) in [4.78, 5) is 24.8. The number of aryl methyl sites for hydroxylation is 2.